The summed E-state index contributed by atoms with van der Waals surface area (Å²) in [5.74, 6) is -0.113. The quantitative estimate of drug-likeness (QED) is 0.298. The van der Waals surface area contributed by atoms with E-state index in [9.17, 15) is 15.0 Å². The molecule has 7 heteroatoms. The molecule has 35 heavy (non-hydrogen) atoms. The Morgan fingerprint density at radius 3 is 2.43 bits per heavy atom. The highest BCUT2D eigenvalue weighted by Gasteiger charge is 2.24. The van der Waals surface area contributed by atoms with Crippen molar-refractivity contribution in [3.8, 4) is 17.2 Å². The molecule has 0 bridgehead atoms. The largest absolute Gasteiger partial charge is 0.508 e. The van der Waals surface area contributed by atoms with Gasteiger partial charge in [-0.05, 0) is 67.8 Å². The summed E-state index contributed by atoms with van der Waals surface area (Å²) < 4.78 is 1.62. The molecule has 0 unspecified atom stereocenters. The van der Waals surface area contributed by atoms with Gasteiger partial charge in [0.05, 0.1) is 22.4 Å². The molecule has 4 aromatic rings. The number of aromatic nitrogens is 2. The van der Waals surface area contributed by atoms with Gasteiger partial charge in [0.25, 0.3) is 5.91 Å². The summed E-state index contributed by atoms with van der Waals surface area (Å²) in [7, 11) is 0. The van der Waals surface area contributed by atoms with E-state index in [-0.39, 0.29) is 29.1 Å². The molecule has 4 rings (SSSR count). The second-order valence-corrected chi connectivity index (χ2v) is 8.81. The number of hydrogen-bond donors (Lipinski definition) is 3. The summed E-state index contributed by atoms with van der Waals surface area (Å²) in [6.07, 6.45) is 1.91. The minimum absolute atomic E-state index is 0.0332. The number of hydrogen-bond acceptors (Lipinski definition) is 4. The third-order valence-electron chi connectivity index (χ3n) is 5.77. The molecule has 0 saturated carbocycles. The smallest absolute Gasteiger partial charge is 0.272 e. The Bertz CT molecular complexity index is 1410. The number of halogens is 1. The molecule has 178 valence electrons. The Balaban J connectivity index is 1.80. The van der Waals surface area contributed by atoms with Crippen LogP contribution < -0.4 is 5.32 Å². The lowest BCUT2D eigenvalue weighted by atomic mass is 10.0. The lowest BCUT2D eigenvalue weighted by Gasteiger charge is -2.13. The fourth-order valence-electron chi connectivity index (χ4n) is 4.04. The molecule has 3 aromatic carbocycles. The standard InChI is InChI=1S/C28H26ClN3O3/c1-17(14-20-8-7-11-22(33)15-20)27-18(2)26(28(35)30-19(3)21-9-5-4-6-10-21)31-32(27)25-13-12-23(34)16-24(25)29/h4-16,19,33-34H,1-3H3,(H,30,35)/b17-14+/t19-/m0/s1. The highest BCUT2D eigenvalue weighted by molar-refractivity contribution is 6.32. The SMILES string of the molecule is C/C(=C\c1cccc(O)c1)c1c(C)c(C(=O)N[C@@H](C)c2ccccc2)nn1-c1ccc(O)cc1Cl. The number of nitrogens with one attached hydrogen (secondary N) is 1. The molecule has 0 aliphatic carbocycles. The maximum Gasteiger partial charge on any atom is 0.272 e. The van der Waals surface area contributed by atoms with Crippen LogP contribution >= 0.6 is 11.6 Å². The Labute approximate surface area is 209 Å². The van der Waals surface area contributed by atoms with Gasteiger partial charge in [0, 0.05) is 11.6 Å². The monoisotopic (exact) mass is 487 g/mol. The first-order valence-electron chi connectivity index (χ1n) is 11.2. The van der Waals surface area contributed by atoms with Gasteiger partial charge < -0.3 is 15.5 Å². The van der Waals surface area contributed by atoms with Crippen LogP contribution in [0.4, 0.5) is 0 Å². The molecule has 1 aromatic heterocycles. The summed E-state index contributed by atoms with van der Waals surface area (Å²) in [6.45, 7) is 5.67. The molecule has 0 radical (unpaired) electrons. The Hall–Kier alpha value is -4.03. The Kier molecular flexibility index (Phi) is 6.94. The van der Waals surface area contributed by atoms with Gasteiger partial charge >= 0.3 is 0 Å². The van der Waals surface area contributed by atoms with Gasteiger partial charge in [-0.2, -0.15) is 5.10 Å². The van der Waals surface area contributed by atoms with Crippen LogP contribution in [0.5, 0.6) is 11.5 Å². The lowest BCUT2D eigenvalue weighted by molar-refractivity contribution is 0.0933. The van der Waals surface area contributed by atoms with Crippen molar-refractivity contribution >= 4 is 29.2 Å². The zero-order valence-electron chi connectivity index (χ0n) is 19.7. The highest BCUT2D eigenvalue weighted by Crippen LogP contribution is 2.32. The van der Waals surface area contributed by atoms with E-state index in [2.05, 4.69) is 10.4 Å². The summed E-state index contributed by atoms with van der Waals surface area (Å²) in [4.78, 5) is 13.3. The number of amides is 1. The number of aromatic hydroxyl groups is 2. The molecule has 0 aliphatic rings. The highest BCUT2D eigenvalue weighted by atomic mass is 35.5. The van der Waals surface area contributed by atoms with Crippen LogP contribution in [0.15, 0.2) is 72.8 Å². The molecule has 6 nitrogen and oxygen atoms in total. The Morgan fingerprint density at radius 1 is 1.03 bits per heavy atom. The van der Waals surface area contributed by atoms with Gasteiger partial charge in [-0.25, -0.2) is 4.68 Å². The van der Waals surface area contributed by atoms with E-state index >= 15 is 0 Å². The molecule has 0 spiro atoms. The van der Waals surface area contributed by atoms with Crippen LogP contribution in [0, 0.1) is 6.92 Å². The number of phenolic OH excluding ortho intramolecular Hbond substituents is 2. The minimum atomic E-state index is -0.307. The fourth-order valence-corrected chi connectivity index (χ4v) is 4.29. The van der Waals surface area contributed by atoms with Gasteiger partial charge in [-0.15, -0.1) is 0 Å². The van der Waals surface area contributed by atoms with E-state index in [1.165, 1.54) is 12.1 Å². The van der Waals surface area contributed by atoms with Gasteiger partial charge in [-0.1, -0.05) is 54.1 Å². The van der Waals surface area contributed by atoms with Crippen LogP contribution in [-0.2, 0) is 0 Å². The maximum atomic E-state index is 13.3. The molecule has 1 heterocycles. The predicted molar refractivity (Wildman–Crippen MR) is 139 cm³/mol. The second kappa shape index (κ2) is 10.1. The molecule has 1 amide bonds. The molecule has 0 saturated heterocycles. The van der Waals surface area contributed by atoms with Gasteiger partial charge in [0.15, 0.2) is 5.69 Å². The van der Waals surface area contributed by atoms with E-state index in [1.807, 2.05) is 63.2 Å². The first-order chi connectivity index (χ1) is 16.7. The summed E-state index contributed by atoms with van der Waals surface area (Å²) >= 11 is 6.45. The van der Waals surface area contributed by atoms with Crippen molar-refractivity contribution in [3.05, 3.63) is 106 Å². The van der Waals surface area contributed by atoms with Crippen molar-refractivity contribution in [1.82, 2.24) is 15.1 Å². The lowest BCUT2D eigenvalue weighted by Crippen LogP contribution is -2.27. The summed E-state index contributed by atoms with van der Waals surface area (Å²) in [5.41, 5.74) is 4.78. The third kappa shape index (κ3) is 5.23. The maximum absolute atomic E-state index is 13.3. The van der Waals surface area contributed by atoms with Gasteiger partial charge in [0.1, 0.15) is 11.5 Å². The Morgan fingerprint density at radius 2 is 1.74 bits per heavy atom. The molecule has 3 N–H and O–H groups in total. The van der Waals surface area contributed by atoms with Crippen molar-refractivity contribution in [3.63, 3.8) is 0 Å². The van der Waals surface area contributed by atoms with Gasteiger partial charge in [-0.3, -0.25) is 4.79 Å². The van der Waals surface area contributed by atoms with Crippen LogP contribution in [0.1, 0.15) is 52.8 Å². The molecule has 0 aliphatic heterocycles. The average Bonchev–Trinajstić information content (AvgIpc) is 3.16. The van der Waals surface area contributed by atoms with Crippen molar-refractivity contribution in [2.45, 2.75) is 26.8 Å². The first-order valence-corrected chi connectivity index (χ1v) is 11.5. The number of carbonyl (C=O) groups is 1. The van der Waals surface area contributed by atoms with Crippen LogP contribution in [-0.4, -0.2) is 25.9 Å². The van der Waals surface area contributed by atoms with Gasteiger partial charge in [0.2, 0.25) is 0 Å². The fraction of sp³-hybridized carbons (Fsp3) is 0.143. The van der Waals surface area contributed by atoms with E-state index in [0.717, 1.165) is 16.7 Å². The number of allylic oxidation sites excluding steroid dienone is 1. The van der Waals surface area contributed by atoms with Crippen molar-refractivity contribution in [2.24, 2.45) is 0 Å². The number of phenols is 2. The number of benzene rings is 3. The third-order valence-corrected chi connectivity index (χ3v) is 6.07. The summed E-state index contributed by atoms with van der Waals surface area (Å²) in [6, 6.07) is 21.0. The first kappa shape index (κ1) is 24.1. The number of rotatable bonds is 6. The van der Waals surface area contributed by atoms with Crippen LogP contribution in [0.2, 0.25) is 5.02 Å². The van der Waals surface area contributed by atoms with E-state index in [1.54, 1.807) is 28.9 Å². The summed E-state index contributed by atoms with van der Waals surface area (Å²) in [5, 5.41) is 27.7. The van der Waals surface area contributed by atoms with E-state index in [0.29, 0.717) is 22.0 Å². The average molecular weight is 488 g/mol. The minimum Gasteiger partial charge on any atom is -0.508 e. The van der Waals surface area contributed by atoms with Crippen LogP contribution in [0.3, 0.4) is 0 Å². The zero-order chi connectivity index (χ0) is 25.1. The topological polar surface area (TPSA) is 87.4 Å². The predicted octanol–water partition coefficient (Wildman–Crippen LogP) is 6.30. The van der Waals surface area contributed by atoms with E-state index in [4.69, 9.17) is 11.6 Å². The molecular formula is C28H26ClN3O3. The van der Waals surface area contributed by atoms with Crippen molar-refractivity contribution in [1.29, 1.82) is 0 Å². The molecular weight excluding hydrogens is 462 g/mol. The van der Waals surface area contributed by atoms with Crippen molar-refractivity contribution < 1.29 is 15.0 Å². The number of nitrogens with zero attached hydrogens (tertiary/aromatic N) is 2. The normalized spacial score (nSPS) is 12.4. The number of carbonyl (C=O) groups excluding carboxylic acids is 1. The van der Waals surface area contributed by atoms with Crippen LogP contribution in [0.25, 0.3) is 17.3 Å². The van der Waals surface area contributed by atoms with Crippen molar-refractivity contribution in [2.75, 3.05) is 0 Å². The second-order valence-electron chi connectivity index (χ2n) is 8.40. The molecule has 0 fully saturated rings. The van der Waals surface area contributed by atoms with E-state index < -0.39 is 0 Å². The zero-order valence-corrected chi connectivity index (χ0v) is 20.4. The molecule has 1 atom stereocenters.